The average Bonchev–Trinajstić information content (AvgIpc) is 2.21. The lowest BCUT2D eigenvalue weighted by molar-refractivity contribution is -0.386. The minimum Gasteiger partial charge on any atom is -0.355 e. The van der Waals surface area contributed by atoms with Crippen LogP contribution >= 0.6 is 11.6 Å². The molecule has 0 amide bonds. The van der Waals surface area contributed by atoms with Gasteiger partial charge in [0.1, 0.15) is 5.82 Å². The number of aromatic amines is 1. The Labute approximate surface area is 92.6 Å². The SMILES string of the molecule is O=c1c([N+](=O)[O-])c[nH]c2cc(Cl)c(F)cc12. The first-order chi connectivity index (χ1) is 7.50. The van der Waals surface area contributed by atoms with Gasteiger partial charge in [-0.2, -0.15) is 0 Å². The van der Waals surface area contributed by atoms with Crippen LogP contribution in [0.2, 0.25) is 5.02 Å². The molecule has 0 aliphatic rings. The first-order valence-corrected chi connectivity index (χ1v) is 4.53. The summed E-state index contributed by atoms with van der Waals surface area (Å²) in [6.07, 6.45) is 0.957. The fourth-order valence-corrected chi connectivity index (χ4v) is 1.50. The van der Waals surface area contributed by atoms with Gasteiger partial charge in [0, 0.05) is 0 Å². The molecule has 1 aromatic carbocycles. The monoisotopic (exact) mass is 242 g/mol. The second kappa shape index (κ2) is 3.57. The van der Waals surface area contributed by atoms with Crippen molar-refractivity contribution in [1.82, 2.24) is 4.98 Å². The lowest BCUT2D eigenvalue weighted by Gasteiger charge is -1.99. The largest absolute Gasteiger partial charge is 0.355 e. The number of nitrogens with zero attached hydrogens (tertiary/aromatic N) is 1. The van der Waals surface area contributed by atoms with E-state index in [9.17, 15) is 19.3 Å². The van der Waals surface area contributed by atoms with Gasteiger partial charge < -0.3 is 4.98 Å². The number of hydrogen-bond acceptors (Lipinski definition) is 3. The van der Waals surface area contributed by atoms with Crippen LogP contribution in [0.4, 0.5) is 10.1 Å². The topological polar surface area (TPSA) is 76.0 Å². The molecule has 7 heteroatoms. The molecule has 0 aliphatic heterocycles. The number of fused-ring (bicyclic) bond motifs is 1. The van der Waals surface area contributed by atoms with Gasteiger partial charge in [-0.1, -0.05) is 11.6 Å². The first-order valence-electron chi connectivity index (χ1n) is 4.15. The summed E-state index contributed by atoms with van der Waals surface area (Å²) in [4.78, 5) is 23.7. The summed E-state index contributed by atoms with van der Waals surface area (Å²) in [5, 5.41) is 10.2. The van der Waals surface area contributed by atoms with Crippen molar-refractivity contribution >= 4 is 28.2 Å². The molecule has 1 heterocycles. The zero-order valence-corrected chi connectivity index (χ0v) is 8.42. The summed E-state index contributed by atoms with van der Waals surface area (Å²) < 4.78 is 13.1. The molecule has 0 aliphatic carbocycles. The Hall–Kier alpha value is -1.95. The minimum atomic E-state index is -0.839. The van der Waals surface area contributed by atoms with Crippen molar-refractivity contribution in [1.29, 1.82) is 0 Å². The van der Waals surface area contributed by atoms with Gasteiger partial charge in [0.15, 0.2) is 0 Å². The molecule has 2 rings (SSSR count). The van der Waals surface area contributed by atoms with Crippen LogP contribution in [-0.2, 0) is 0 Å². The summed E-state index contributed by atoms with van der Waals surface area (Å²) in [5.74, 6) is -0.792. The Kier molecular flexibility index (Phi) is 2.35. The van der Waals surface area contributed by atoms with Gasteiger partial charge in [-0.05, 0) is 12.1 Å². The van der Waals surface area contributed by atoms with Crippen molar-refractivity contribution in [2.24, 2.45) is 0 Å². The first kappa shape index (κ1) is 10.6. The highest BCUT2D eigenvalue weighted by Crippen LogP contribution is 2.20. The quantitative estimate of drug-likeness (QED) is 0.615. The summed E-state index contributed by atoms with van der Waals surface area (Å²) >= 11 is 5.51. The van der Waals surface area contributed by atoms with Crippen molar-refractivity contribution in [3.05, 3.63) is 49.5 Å². The van der Waals surface area contributed by atoms with Gasteiger partial charge in [0.05, 0.1) is 27.0 Å². The van der Waals surface area contributed by atoms with Gasteiger partial charge in [0.2, 0.25) is 0 Å². The van der Waals surface area contributed by atoms with E-state index in [0.29, 0.717) is 0 Å². The Morgan fingerprint density at radius 1 is 1.44 bits per heavy atom. The Morgan fingerprint density at radius 3 is 2.75 bits per heavy atom. The minimum absolute atomic E-state index is 0.101. The predicted octanol–water partition coefficient (Wildman–Crippen LogP) is 2.23. The zero-order valence-electron chi connectivity index (χ0n) is 7.66. The number of H-pyrrole nitrogens is 1. The summed E-state index contributed by atoms with van der Waals surface area (Å²) in [6, 6.07) is 2.08. The van der Waals surface area contributed by atoms with E-state index in [1.807, 2.05) is 0 Å². The van der Waals surface area contributed by atoms with Crippen LogP contribution in [0.25, 0.3) is 10.9 Å². The van der Waals surface area contributed by atoms with Crippen LogP contribution in [0.5, 0.6) is 0 Å². The lowest BCUT2D eigenvalue weighted by Crippen LogP contribution is -2.09. The average molecular weight is 243 g/mol. The molecule has 0 radical (unpaired) electrons. The number of nitro groups is 1. The highest BCUT2D eigenvalue weighted by atomic mass is 35.5. The fourth-order valence-electron chi connectivity index (χ4n) is 1.34. The molecule has 0 fully saturated rings. The maximum Gasteiger partial charge on any atom is 0.332 e. The van der Waals surface area contributed by atoms with E-state index in [4.69, 9.17) is 11.6 Å². The van der Waals surface area contributed by atoms with Crippen molar-refractivity contribution in [3.8, 4) is 0 Å². The van der Waals surface area contributed by atoms with E-state index < -0.39 is 21.9 Å². The molecule has 0 bridgehead atoms. The van der Waals surface area contributed by atoms with Crippen LogP contribution in [-0.4, -0.2) is 9.91 Å². The van der Waals surface area contributed by atoms with Crippen LogP contribution in [0.15, 0.2) is 23.1 Å². The van der Waals surface area contributed by atoms with Gasteiger partial charge in [-0.3, -0.25) is 14.9 Å². The van der Waals surface area contributed by atoms with E-state index >= 15 is 0 Å². The zero-order chi connectivity index (χ0) is 11.9. The number of nitrogens with one attached hydrogen (secondary N) is 1. The number of rotatable bonds is 1. The maximum absolute atomic E-state index is 13.1. The molecule has 0 saturated heterocycles. The molecule has 5 nitrogen and oxygen atoms in total. The molecule has 16 heavy (non-hydrogen) atoms. The molecule has 1 N–H and O–H groups in total. The highest BCUT2D eigenvalue weighted by molar-refractivity contribution is 6.31. The summed E-state index contributed by atoms with van der Waals surface area (Å²) in [5.41, 5.74) is -1.22. The van der Waals surface area contributed by atoms with Crippen LogP contribution in [0.3, 0.4) is 0 Å². The van der Waals surface area contributed by atoms with Crippen LogP contribution in [0, 0.1) is 15.9 Å². The lowest BCUT2D eigenvalue weighted by atomic mass is 10.2. The number of hydrogen-bond donors (Lipinski definition) is 1. The smallest absolute Gasteiger partial charge is 0.332 e. The van der Waals surface area contributed by atoms with Gasteiger partial charge in [0.25, 0.3) is 5.43 Å². The molecule has 0 spiro atoms. The standard InChI is InChI=1S/C9H4ClFN2O3/c10-5-2-7-4(1-6(5)11)9(14)8(3-12-7)13(15)16/h1-3H,(H,12,14). The van der Waals surface area contributed by atoms with E-state index in [1.165, 1.54) is 6.07 Å². The van der Waals surface area contributed by atoms with Gasteiger partial charge in [-0.15, -0.1) is 0 Å². The Bertz CT molecular complexity index is 653. The van der Waals surface area contributed by atoms with Crippen molar-refractivity contribution in [3.63, 3.8) is 0 Å². The fraction of sp³-hybridized carbons (Fsp3) is 0. The van der Waals surface area contributed by atoms with Crippen molar-refractivity contribution < 1.29 is 9.31 Å². The van der Waals surface area contributed by atoms with Crippen LogP contribution < -0.4 is 5.43 Å². The third-order valence-electron chi connectivity index (χ3n) is 2.10. The third-order valence-corrected chi connectivity index (χ3v) is 2.39. The summed E-state index contributed by atoms with van der Waals surface area (Å²) in [6.45, 7) is 0. The van der Waals surface area contributed by atoms with E-state index in [-0.39, 0.29) is 15.9 Å². The molecule has 0 atom stereocenters. The molecule has 2 aromatic rings. The summed E-state index contributed by atoms with van der Waals surface area (Å²) in [7, 11) is 0. The normalized spacial score (nSPS) is 10.6. The highest BCUT2D eigenvalue weighted by Gasteiger charge is 2.15. The second-order valence-corrected chi connectivity index (χ2v) is 3.48. The van der Waals surface area contributed by atoms with Crippen LogP contribution in [0.1, 0.15) is 0 Å². The van der Waals surface area contributed by atoms with E-state index in [1.54, 1.807) is 0 Å². The van der Waals surface area contributed by atoms with Gasteiger partial charge >= 0.3 is 5.69 Å². The second-order valence-electron chi connectivity index (χ2n) is 3.07. The molecule has 0 saturated carbocycles. The maximum atomic E-state index is 13.1. The molecule has 82 valence electrons. The van der Waals surface area contributed by atoms with Gasteiger partial charge in [-0.25, -0.2) is 4.39 Å². The Morgan fingerprint density at radius 2 is 2.12 bits per heavy atom. The Balaban J connectivity index is 2.90. The molecule has 1 aromatic heterocycles. The number of benzene rings is 1. The number of pyridine rings is 1. The molecular weight excluding hydrogens is 239 g/mol. The van der Waals surface area contributed by atoms with Crippen molar-refractivity contribution in [2.45, 2.75) is 0 Å². The molecular formula is C9H4ClFN2O3. The van der Waals surface area contributed by atoms with Crippen molar-refractivity contribution in [2.75, 3.05) is 0 Å². The van der Waals surface area contributed by atoms with E-state index in [0.717, 1.165) is 12.3 Å². The van der Waals surface area contributed by atoms with E-state index in [2.05, 4.69) is 4.98 Å². The third kappa shape index (κ3) is 1.53. The number of aromatic nitrogens is 1. The number of halogens is 2. The molecule has 0 unspecified atom stereocenters. The predicted molar refractivity (Wildman–Crippen MR) is 56.2 cm³/mol.